The highest BCUT2D eigenvalue weighted by molar-refractivity contribution is 5.95. The SMILES string of the molecule is CCCn1ncc(C(=O)N2CCC3(CCCNC3)C2)c1C. The van der Waals surface area contributed by atoms with Gasteiger partial charge >= 0.3 is 0 Å². The minimum Gasteiger partial charge on any atom is -0.338 e. The molecule has 0 aromatic carbocycles. The molecule has 21 heavy (non-hydrogen) atoms. The van der Waals surface area contributed by atoms with E-state index in [-0.39, 0.29) is 5.91 Å². The van der Waals surface area contributed by atoms with Crippen LogP contribution in [0.15, 0.2) is 6.20 Å². The van der Waals surface area contributed by atoms with E-state index in [1.807, 2.05) is 16.5 Å². The van der Waals surface area contributed by atoms with Crippen molar-refractivity contribution in [1.29, 1.82) is 0 Å². The molecule has 3 rings (SSSR count). The number of rotatable bonds is 3. The first-order valence-electron chi connectivity index (χ1n) is 8.18. The number of aryl methyl sites for hydroxylation is 1. The lowest BCUT2D eigenvalue weighted by molar-refractivity contribution is 0.0763. The molecule has 1 aromatic heterocycles. The van der Waals surface area contributed by atoms with Gasteiger partial charge in [-0.25, -0.2) is 0 Å². The van der Waals surface area contributed by atoms with Gasteiger partial charge in [-0.3, -0.25) is 9.48 Å². The second-order valence-corrected chi connectivity index (χ2v) is 6.62. The molecule has 1 aromatic rings. The number of aromatic nitrogens is 2. The van der Waals surface area contributed by atoms with Crippen LogP contribution in [0.25, 0.3) is 0 Å². The van der Waals surface area contributed by atoms with Gasteiger partial charge in [-0.2, -0.15) is 5.10 Å². The summed E-state index contributed by atoms with van der Waals surface area (Å²) in [4.78, 5) is 14.8. The zero-order valence-electron chi connectivity index (χ0n) is 13.2. The highest BCUT2D eigenvalue weighted by Gasteiger charge is 2.41. The van der Waals surface area contributed by atoms with Crippen molar-refractivity contribution in [3.05, 3.63) is 17.5 Å². The van der Waals surface area contributed by atoms with Crippen LogP contribution >= 0.6 is 0 Å². The van der Waals surface area contributed by atoms with Crippen LogP contribution in [0.5, 0.6) is 0 Å². The van der Waals surface area contributed by atoms with Gasteiger partial charge in [0.1, 0.15) is 0 Å². The Bertz CT molecular complexity index is 516. The molecule has 1 amide bonds. The van der Waals surface area contributed by atoms with E-state index >= 15 is 0 Å². The highest BCUT2D eigenvalue weighted by Crippen LogP contribution is 2.37. The van der Waals surface area contributed by atoms with Crippen molar-refractivity contribution in [1.82, 2.24) is 20.0 Å². The summed E-state index contributed by atoms with van der Waals surface area (Å²) in [5.41, 5.74) is 2.11. The third kappa shape index (κ3) is 2.71. The van der Waals surface area contributed by atoms with Crippen LogP contribution in [0.3, 0.4) is 0 Å². The van der Waals surface area contributed by atoms with Crippen LogP contribution in [0, 0.1) is 12.3 Å². The maximum absolute atomic E-state index is 12.8. The van der Waals surface area contributed by atoms with E-state index in [0.717, 1.165) is 56.8 Å². The molecular formula is C16H26N4O. The van der Waals surface area contributed by atoms with Crippen molar-refractivity contribution in [2.45, 2.75) is 46.1 Å². The van der Waals surface area contributed by atoms with Gasteiger partial charge in [0.25, 0.3) is 5.91 Å². The van der Waals surface area contributed by atoms with Crippen LogP contribution in [0.2, 0.25) is 0 Å². The van der Waals surface area contributed by atoms with E-state index in [0.29, 0.717) is 5.41 Å². The monoisotopic (exact) mass is 290 g/mol. The Balaban J connectivity index is 1.71. The zero-order chi connectivity index (χ0) is 14.9. The molecule has 1 atom stereocenters. The Labute approximate surface area is 126 Å². The topological polar surface area (TPSA) is 50.2 Å². The molecule has 2 aliphatic heterocycles. The Morgan fingerprint density at radius 3 is 3.05 bits per heavy atom. The van der Waals surface area contributed by atoms with Crippen LogP contribution in [-0.4, -0.2) is 46.8 Å². The van der Waals surface area contributed by atoms with Gasteiger partial charge in [-0.05, 0) is 39.2 Å². The predicted octanol–water partition coefficient (Wildman–Crippen LogP) is 1.82. The third-order valence-corrected chi connectivity index (χ3v) is 5.06. The minimum atomic E-state index is 0.164. The summed E-state index contributed by atoms with van der Waals surface area (Å²) in [5, 5.41) is 7.85. The van der Waals surface area contributed by atoms with Crippen molar-refractivity contribution >= 4 is 5.91 Å². The standard InChI is InChI=1S/C16H26N4O/c1-3-8-20-13(2)14(10-18-20)15(21)19-9-6-16(12-19)5-4-7-17-11-16/h10,17H,3-9,11-12H2,1-2H3. The number of carbonyl (C=O) groups excluding carboxylic acids is 1. The molecule has 5 heteroatoms. The number of carbonyl (C=O) groups is 1. The third-order valence-electron chi connectivity index (χ3n) is 5.06. The van der Waals surface area contributed by atoms with Gasteiger partial charge in [-0.15, -0.1) is 0 Å². The lowest BCUT2D eigenvalue weighted by atomic mass is 9.80. The molecule has 2 aliphatic rings. The first kappa shape index (κ1) is 14.6. The van der Waals surface area contributed by atoms with Crippen molar-refractivity contribution in [3.8, 4) is 0 Å². The van der Waals surface area contributed by atoms with Gasteiger partial charge < -0.3 is 10.2 Å². The maximum Gasteiger partial charge on any atom is 0.257 e. The molecule has 0 aliphatic carbocycles. The van der Waals surface area contributed by atoms with Gasteiger partial charge in [0, 0.05) is 37.3 Å². The Morgan fingerprint density at radius 2 is 2.33 bits per heavy atom. The Hall–Kier alpha value is -1.36. The second-order valence-electron chi connectivity index (χ2n) is 6.62. The summed E-state index contributed by atoms with van der Waals surface area (Å²) in [6.07, 6.45) is 6.40. The van der Waals surface area contributed by atoms with Crippen molar-refractivity contribution < 1.29 is 4.79 Å². The maximum atomic E-state index is 12.8. The number of hydrogen-bond donors (Lipinski definition) is 1. The molecule has 116 valence electrons. The lowest BCUT2D eigenvalue weighted by Gasteiger charge is -2.33. The average molecular weight is 290 g/mol. The smallest absolute Gasteiger partial charge is 0.257 e. The van der Waals surface area contributed by atoms with Crippen molar-refractivity contribution in [3.63, 3.8) is 0 Å². The number of piperidine rings is 1. The summed E-state index contributed by atoms with van der Waals surface area (Å²) in [6, 6.07) is 0. The van der Waals surface area contributed by atoms with E-state index in [4.69, 9.17) is 0 Å². The summed E-state index contributed by atoms with van der Waals surface area (Å²) in [6.45, 7) is 8.99. The van der Waals surface area contributed by atoms with Gasteiger partial charge in [-0.1, -0.05) is 6.92 Å². The van der Waals surface area contributed by atoms with E-state index in [2.05, 4.69) is 17.3 Å². The van der Waals surface area contributed by atoms with E-state index in [1.54, 1.807) is 6.20 Å². The molecule has 3 heterocycles. The van der Waals surface area contributed by atoms with Gasteiger partial charge in [0.05, 0.1) is 11.8 Å². The molecule has 1 spiro atoms. The number of hydrogen-bond acceptors (Lipinski definition) is 3. The minimum absolute atomic E-state index is 0.164. The second kappa shape index (κ2) is 5.79. The molecule has 0 radical (unpaired) electrons. The molecule has 2 fully saturated rings. The van der Waals surface area contributed by atoms with Gasteiger partial charge in [0.15, 0.2) is 0 Å². The summed E-state index contributed by atoms with van der Waals surface area (Å²) in [5.74, 6) is 0.164. The number of amides is 1. The quantitative estimate of drug-likeness (QED) is 0.924. The highest BCUT2D eigenvalue weighted by atomic mass is 16.2. The normalized spacial score (nSPS) is 25.7. The molecule has 1 N–H and O–H groups in total. The molecule has 1 unspecified atom stereocenters. The van der Waals surface area contributed by atoms with Gasteiger partial charge in [0.2, 0.25) is 0 Å². The van der Waals surface area contributed by atoms with Crippen LogP contribution in [0.1, 0.15) is 48.7 Å². The van der Waals surface area contributed by atoms with E-state index in [9.17, 15) is 4.79 Å². The Kier molecular flexibility index (Phi) is 4.02. The number of likely N-dealkylation sites (tertiary alicyclic amines) is 1. The Morgan fingerprint density at radius 1 is 1.48 bits per heavy atom. The lowest BCUT2D eigenvalue weighted by Crippen LogP contribution is -2.42. The first-order chi connectivity index (χ1) is 10.2. The molecule has 2 saturated heterocycles. The fraction of sp³-hybridized carbons (Fsp3) is 0.750. The fourth-order valence-electron chi connectivity index (χ4n) is 3.75. The van der Waals surface area contributed by atoms with E-state index < -0.39 is 0 Å². The molecular weight excluding hydrogens is 264 g/mol. The zero-order valence-corrected chi connectivity index (χ0v) is 13.2. The predicted molar refractivity (Wildman–Crippen MR) is 82.3 cm³/mol. The van der Waals surface area contributed by atoms with Crippen molar-refractivity contribution in [2.75, 3.05) is 26.2 Å². The van der Waals surface area contributed by atoms with Crippen molar-refractivity contribution in [2.24, 2.45) is 5.41 Å². The molecule has 0 saturated carbocycles. The summed E-state index contributed by atoms with van der Waals surface area (Å²) in [7, 11) is 0. The summed E-state index contributed by atoms with van der Waals surface area (Å²) >= 11 is 0. The molecule has 5 nitrogen and oxygen atoms in total. The van der Waals surface area contributed by atoms with Crippen LogP contribution in [0.4, 0.5) is 0 Å². The first-order valence-corrected chi connectivity index (χ1v) is 8.18. The van der Waals surface area contributed by atoms with Crippen LogP contribution in [-0.2, 0) is 6.54 Å². The van der Waals surface area contributed by atoms with E-state index in [1.165, 1.54) is 12.8 Å². The fourth-order valence-corrected chi connectivity index (χ4v) is 3.75. The molecule has 0 bridgehead atoms. The largest absolute Gasteiger partial charge is 0.338 e. The van der Waals surface area contributed by atoms with Crippen LogP contribution < -0.4 is 5.32 Å². The number of nitrogens with zero attached hydrogens (tertiary/aromatic N) is 3. The summed E-state index contributed by atoms with van der Waals surface area (Å²) < 4.78 is 1.95. The number of nitrogens with one attached hydrogen (secondary N) is 1. The average Bonchev–Trinajstić information content (AvgIpc) is 3.05.